The molecule has 0 atom stereocenters. The molecule has 0 aliphatic heterocycles. The Hall–Kier alpha value is -0.130. The van der Waals surface area contributed by atoms with Crippen LogP contribution in [0.2, 0.25) is 0 Å². The smallest absolute Gasteiger partial charge is 0.151 e. The molecule has 0 saturated carbocycles. The van der Waals surface area contributed by atoms with Crippen LogP contribution >= 0.6 is 0 Å². The van der Waals surface area contributed by atoms with Crippen molar-refractivity contribution < 1.29 is 13.2 Å². The zero-order valence-electron chi connectivity index (χ0n) is 9.95. The quantitative estimate of drug-likeness (QED) is 0.599. The second-order valence-electron chi connectivity index (χ2n) is 4.10. The number of ether oxygens (including phenoxy) is 1. The zero-order chi connectivity index (χ0) is 11.7. The van der Waals surface area contributed by atoms with Gasteiger partial charge in [-0.1, -0.05) is 13.8 Å². The van der Waals surface area contributed by atoms with Crippen LogP contribution in [0.5, 0.6) is 0 Å². The first kappa shape index (κ1) is 14.9. The van der Waals surface area contributed by atoms with Crippen LogP contribution in [-0.4, -0.2) is 46.7 Å². The van der Waals surface area contributed by atoms with E-state index in [1.807, 2.05) is 13.8 Å². The van der Waals surface area contributed by atoms with Crippen molar-refractivity contribution in [3.63, 3.8) is 0 Å². The molecule has 0 bridgehead atoms. The van der Waals surface area contributed by atoms with Crippen molar-refractivity contribution >= 4 is 9.84 Å². The Morgan fingerprint density at radius 1 is 1.27 bits per heavy atom. The summed E-state index contributed by atoms with van der Waals surface area (Å²) in [5, 5.41) is 3.09. The number of hydrogen-bond acceptors (Lipinski definition) is 4. The third kappa shape index (κ3) is 10.2. The normalized spacial score (nSPS) is 12.3. The minimum absolute atomic E-state index is 0.212. The maximum Gasteiger partial charge on any atom is 0.151 e. The predicted octanol–water partition coefficient (Wildman–Crippen LogP) is 0.683. The van der Waals surface area contributed by atoms with Crippen LogP contribution in [0.15, 0.2) is 0 Å². The first-order valence-electron chi connectivity index (χ1n) is 5.38. The molecule has 0 heterocycles. The molecular formula is C10H23NO3S. The average Bonchev–Trinajstić information content (AvgIpc) is 2.08. The Kier molecular flexibility index (Phi) is 8.00. The number of nitrogens with one attached hydrogen (secondary N) is 1. The Bertz CT molecular complexity index is 237. The van der Waals surface area contributed by atoms with Gasteiger partial charge in [-0.05, 0) is 18.9 Å². The molecule has 0 fully saturated rings. The van der Waals surface area contributed by atoms with E-state index < -0.39 is 9.84 Å². The van der Waals surface area contributed by atoms with Gasteiger partial charge < -0.3 is 10.1 Å². The van der Waals surface area contributed by atoms with Crippen molar-refractivity contribution in [2.24, 2.45) is 5.92 Å². The van der Waals surface area contributed by atoms with E-state index in [0.717, 1.165) is 13.0 Å². The molecule has 0 spiro atoms. The van der Waals surface area contributed by atoms with Gasteiger partial charge in [0.15, 0.2) is 9.84 Å². The Morgan fingerprint density at radius 2 is 1.93 bits per heavy atom. The van der Waals surface area contributed by atoms with E-state index in [-0.39, 0.29) is 17.4 Å². The van der Waals surface area contributed by atoms with Crippen molar-refractivity contribution in [2.75, 3.05) is 38.3 Å². The maximum atomic E-state index is 11.5. The zero-order valence-corrected chi connectivity index (χ0v) is 10.8. The number of hydrogen-bond donors (Lipinski definition) is 1. The van der Waals surface area contributed by atoms with Crippen molar-refractivity contribution in [2.45, 2.75) is 20.3 Å². The molecule has 0 rings (SSSR count). The van der Waals surface area contributed by atoms with Gasteiger partial charge in [-0.25, -0.2) is 8.42 Å². The van der Waals surface area contributed by atoms with Gasteiger partial charge in [0.2, 0.25) is 0 Å². The van der Waals surface area contributed by atoms with Gasteiger partial charge in [0, 0.05) is 20.3 Å². The van der Waals surface area contributed by atoms with Gasteiger partial charge in [-0.15, -0.1) is 0 Å². The van der Waals surface area contributed by atoms with Crippen molar-refractivity contribution in [3.05, 3.63) is 0 Å². The topological polar surface area (TPSA) is 55.4 Å². The lowest BCUT2D eigenvalue weighted by Gasteiger charge is -2.07. The van der Waals surface area contributed by atoms with E-state index in [1.165, 1.54) is 0 Å². The number of sulfone groups is 1. The molecule has 92 valence electrons. The standard InChI is InChI=1S/C10H23NO3S/c1-10(2)9-15(12,13)8-6-11-5-4-7-14-3/h10-11H,4-9H2,1-3H3. The highest BCUT2D eigenvalue weighted by Gasteiger charge is 2.11. The molecule has 5 heteroatoms. The summed E-state index contributed by atoms with van der Waals surface area (Å²) in [6, 6.07) is 0. The molecule has 4 nitrogen and oxygen atoms in total. The van der Waals surface area contributed by atoms with Crippen molar-refractivity contribution in [3.8, 4) is 0 Å². The fourth-order valence-corrected chi connectivity index (χ4v) is 2.92. The maximum absolute atomic E-state index is 11.5. The minimum atomic E-state index is -2.87. The van der Waals surface area contributed by atoms with E-state index in [9.17, 15) is 8.42 Å². The average molecular weight is 237 g/mol. The van der Waals surface area contributed by atoms with Crippen LogP contribution < -0.4 is 5.32 Å². The van der Waals surface area contributed by atoms with Crippen molar-refractivity contribution in [1.82, 2.24) is 5.32 Å². The van der Waals surface area contributed by atoms with Crippen molar-refractivity contribution in [1.29, 1.82) is 0 Å². The second-order valence-corrected chi connectivity index (χ2v) is 6.33. The molecule has 0 aromatic carbocycles. The van der Waals surface area contributed by atoms with Crippen LogP contribution in [-0.2, 0) is 14.6 Å². The summed E-state index contributed by atoms with van der Waals surface area (Å²) >= 11 is 0. The Labute approximate surface area is 93.3 Å². The lowest BCUT2D eigenvalue weighted by atomic mass is 10.3. The van der Waals surface area contributed by atoms with E-state index in [2.05, 4.69) is 5.32 Å². The Balaban J connectivity index is 3.50. The molecule has 1 N–H and O–H groups in total. The first-order valence-corrected chi connectivity index (χ1v) is 7.20. The van der Waals surface area contributed by atoms with Gasteiger partial charge in [-0.2, -0.15) is 0 Å². The molecule has 0 unspecified atom stereocenters. The molecule has 15 heavy (non-hydrogen) atoms. The predicted molar refractivity (Wildman–Crippen MR) is 62.9 cm³/mol. The highest BCUT2D eigenvalue weighted by molar-refractivity contribution is 7.91. The molecule has 0 aromatic rings. The fraction of sp³-hybridized carbons (Fsp3) is 1.00. The van der Waals surface area contributed by atoms with E-state index in [0.29, 0.717) is 13.2 Å². The minimum Gasteiger partial charge on any atom is -0.385 e. The lowest BCUT2D eigenvalue weighted by Crippen LogP contribution is -2.26. The highest BCUT2D eigenvalue weighted by atomic mass is 32.2. The van der Waals surface area contributed by atoms with Crippen LogP contribution in [0.3, 0.4) is 0 Å². The van der Waals surface area contributed by atoms with Gasteiger partial charge in [-0.3, -0.25) is 0 Å². The third-order valence-corrected chi connectivity index (χ3v) is 3.88. The summed E-state index contributed by atoms with van der Waals surface area (Å²) < 4.78 is 27.8. The molecule has 0 aliphatic rings. The van der Waals surface area contributed by atoms with E-state index >= 15 is 0 Å². The van der Waals surface area contributed by atoms with Crippen LogP contribution in [0, 0.1) is 5.92 Å². The summed E-state index contributed by atoms with van der Waals surface area (Å²) in [6.45, 7) is 5.91. The fourth-order valence-electron chi connectivity index (χ4n) is 1.29. The van der Waals surface area contributed by atoms with E-state index in [1.54, 1.807) is 7.11 Å². The van der Waals surface area contributed by atoms with Crippen LogP contribution in [0.4, 0.5) is 0 Å². The molecular weight excluding hydrogens is 214 g/mol. The third-order valence-electron chi connectivity index (χ3n) is 1.88. The molecule has 0 saturated heterocycles. The largest absolute Gasteiger partial charge is 0.385 e. The summed E-state index contributed by atoms with van der Waals surface area (Å²) in [5.74, 6) is 0.730. The molecule has 0 aliphatic carbocycles. The first-order chi connectivity index (χ1) is 6.98. The lowest BCUT2D eigenvalue weighted by molar-refractivity contribution is 0.194. The second kappa shape index (κ2) is 8.07. The van der Waals surface area contributed by atoms with Gasteiger partial charge in [0.05, 0.1) is 11.5 Å². The molecule has 0 aromatic heterocycles. The molecule has 0 amide bonds. The summed E-state index contributed by atoms with van der Waals surface area (Å²) in [6.07, 6.45) is 0.917. The Morgan fingerprint density at radius 3 is 2.47 bits per heavy atom. The van der Waals surface area contributed by atoms with Gasteiger partial charge >= 0.3 is 0 Å². The summed E-state index contributed by atoms with van der Waals surface area (Å²) in [7, 11) is -1.21. The SMILES string of the molecule is COCCCNCCS(=O)(=O)CC(C)C. The highest BCUT2D eigenvalue weighted by Crippen LogP contribution is 1.99. The van der Waals surface area contributed by atoms with Gasteiger partial charge in [0.25, 0.3) is 0 Å². The van der Waals surface area contributed by atoms with Crippen LogP contribution in [0.1, 0.15) is 20.3 Å². The summed E-state index contributed by atoms with van der Waals surface area (Å²) in [5.41, 5.74) is 0. The monoisotopic (exact) mass is 237 g/mol. The van der Waals surface area contributed by atoms with Crippen LogP contribution in [0.25, 0.3) is 0 Å². The molecule has 0 radical (unpaired) electrons. The van der Waals surface area contributed by atoms with E-state index in [4.69, 9.17) is 4.74 Å². The number of methoxy groups -OCH3 is 1. The summed E-state index contributed by atoms with van der Waals surface area (Å²) in [4.78, 5) is 0. The van der Waals surface area contributed by atoms with Gasteiger partial charge in [0.1, 0.15) is 0 Å². The number of rotatable bonds is 9.